The van der Waals surface area contributed by atoms with Gasteiger partial charge in [-0.3, -0.25) is 9.78 Å². The summed E-state index contributed by atoms with van der Waals surface area (Å²) in [6.45, 7) is 5.26. The number of nitrogens with one attached hydrogen (secondary N) is 1. The van der Waals surface area contributed by atoms with Crippen molar-refractivity contribution in [2.24, 2.45) is 5.92 Å². The zero-order valence-electron chi connectivity index (χ0n) is 24.0. The third-order valence-electron chi connectivity index (χ3n) is 8.00. The van der Waals surface area contributed by atoms with Gasteiger partial charge in [0.15, 0.2) is 5.78 Å². The van der Waals surface area contributed by atoms with Crippen LogP contribution < -0.4 is 5.32 Å². The van der Waals surface area contributed by atoms with Gasteiger partial charge in [0.05, 0.1) is 28.4 Å². The molecule has 0 saturated heterocycles. The Morgan fingerprint density at radius 2 is 1.78 bits per heavy atom. The van der Waals surface area contributed by atoms with E-state index in [1.165, 1.54) is 0 Å². The highest BCUT2D eigenvalue weighted by atomic mass is 35.5. The largest absolute Gasteiger partial charge is 0.506 e. The van der Waals surface area contributed by atoms with Gasteiger partial charge in [-0.05, 0) is 94.7 Å². The third kappa shape index (κ3) is 6.44. The smallest absolute Gasteiger partial charge is 0.410 e. The second-order valence-electron chi connectivity index (χ2n) is 12.3. The molecule has 3 aromatic rings. The zero-order chi connectivity index (χ0) is 29.5. The summed E-state index contributed by atoms with van der Waals surface area (Å²) in [7, 11) is 1.80. The van der Waals surface area contributed by atoms with Gasteiger partial charge in [-0.15, -0.1) is 0 Å². The number of aliphatic hydroxyl groups excluding tert-OH is 1. The first-order chi connectivity index (χ1) is 19.4. The van der Waals surface area contributed by atoms with Gasteiger partial charge in [0.1, 0.15) is 11.4 Å². The summed E-state index contributed by atoms with van der Waals surface area (Å²) in [5.74, 6) is 0.0214. The van der Waals surface area contributed by atoms with E-state index in [1.54, 1.807) is 30.3 Å². The van der Waals surface area contributed by atoms with Crippen LogP contribution in [0.25, 0.3) is 22.0 Å². The average molecular weight is 580 g/mol. The number of halogens is 1. The Morgan fingerprint density at radius 3 is 2.41 bits per heavy atom. The van der Waals surface area contributed by atoms with E-state index >= 15 is 0 Å². The van der Waals surface area contributed by atoms with Gasteiger partial charge in [-0.2, -0.15) is 0 Å². The molecule has 0 aliphatic heterocycles. The predicted octanol–water partition coefficient (Wildman–Crippen LogP) is 6.94. The van der Waals surface area contributed by atoms with Crippen molar-refractivity contribution < 1.29 is 24.5 Å². The number of phenols is 1. The molecule has 2 saturated carbocycles. The number of carbonyl (C=O) groups is 2. The molecule has 2 fully saturated rings. The minimum Gasteiger partial charge on any atom is -0.506 e. The van der Waals surface area contributed by atoms with Gasteiger partial charge in [-0.25, -0.2) is 4.79 Å². The number of fused-ring (bicyclic) bond motifs is 1. The number of hydrogen-bond acceptors (Lipinski definition) is 7. The topological polar surface area (TPSA) is 112 Å². The maximum atomic E-state index is 13.4. The number of pyridine rings is 1. The number of aromatic nitrogens is 1. The van der Waals surface area contributed by atoms with Gasteiger partial charge >= 0.3 is 6.09 Å². The molecule has 5 rings (SSSR count). The monoisotopic (exact) mass is 579 g/mol. The Hall–Kier alpha value is -3.36. The molecule has 3 N–H and O–H groups in total. The highest BCUT2D eigenvalue weighted by molar-refractivity contribution is 6.32. The van der Waals surface area contributed by atoms with Crippen molar-refractivity contribution in [2.75, 3.05) is 12.4 Å². The molecule has 1 heterocycles. The molecule has 41 heavy (non-hydrogen) atoms. The van der Waals surface area contributed by atoms with Crippen LogP contribution in [-0.4, -0.2) is 56.7 Å². The fourth-order valence-corrected chi connectivity index (χ4v) is 5.76. The predicted molar refractivity (Wildman–Crippen MR) is 160 cm³/mol. The summed E-state index contributed by atoms with van der Waals surface area (Å²) < 4.78 is 5.56. The number of ketones is 1. The fourth-order valence-electron chi connectivity index (χ4n) is 5.52. The van der Waals surface area contributed by atoms with Gasteiger partial charge in [0.25, 0.3) is 0 Å². The van der Waals surface area contributed by atoms with E-state index in [9.17, 15) is 19.8 Å². The highest BCUT2D eigenvalue weighted by Crippen LogP contribution is 2.40. The van der Waals surface area contributed by atoms with Crippen LogP contribution in [0.15, 0.2) is 36.5 Å². The Bertz CT molecular complexity index is 1470. The SMILES string of the molecule is CN(C(=O)OC(C)(C)C)[C@H]1CC[C@H](Nc2c(C(=O)C3CC3)cnc3ccc(-c4cc(Cl)c(O)c(CO)c4)cc23)CC1. The van der Waals surface area contributed by atoms with Crippen molar-refractivity contribution in [2.45, 2.75) is 83.6 Å². The van der Waals surface area contributed by atoms with E-state index in [-0.39, 0.29) is 47.3 Å². The first-order valence-electron chi connectivity index (χ1n) is 14.3. The molecule has 0 radical (unpaired) electrons. The molecule has 0 spiro atoms. The quantitative estimate of drug-likeness (QED) is 0.260. The first-order valence-corrected chi connectivity index (χ1v) is 14.6. The van der Waals surface area contributed by atoms with Crippen LogP contribution in [0.2, 0.25) is 5.02 Å². The molecule has 2 aliphatic carbocycles. The van der Waals surface area contributed by atoms with Gasteiger partial charge in [-0.1, -0.05) is 17.7 Å². The summed E-state index contributed by atoms with van der Waals surface area (Å²) >= 11 is 6.26. The first kappa shape index (κ1) is 29.1. The van der Waals surface area contributed by atoms with Crippen molar-refractivity contribution in [3.8, 4) is 16.9 Å². The van der Waals surface area contributed by atoms with Crippen LogP contribution in [0.5, 0.6) is 5.75 Å². The summed E-state index contributed by atoms with van der Waals surface area (Å²) in [4.78, 5) is 32.3. The lowest BCUT2D eigenvalue weighted by Crippen LogP contribution is -2.43. The number of amides is 1. The van der Waals surface area contributed by atoms with Crippen molar-refractivity contribution in [1.82, 2.24) is 9.88 Å². The number of rotatable bonds is 7. The van der Waals surface area contributed by atoms with E-state index in [0.717, 1.165) is 66.2 Å². The minimum absolute atomic E-state index is 0.0409. The molecule has 8 nitrogen and oxygen atoms in total. The van der Waals surface area contributed by atoms with Crippen LogP contribution in [-0.2, 0) is 11.3 Å². The van der Waals surface area contributed by atoms with E-state index in [0.29, 0.717) is 11.1 Å². The molecule has 0 atom stereocenters. The number of ether oxygens (including phenoxy) is 1. The molecular formula is C32H38ClN3O5. The van der Waals surface area contributed by atoms with E-state index in [2.05, 4.69) is 10.3 Å². The highest BCUT2D eigenvalue weighted by Gasteiger charge is 2.34. The summed E-state index contributed by atoms with van der Waals surface area (Å²) in [5, 5.41) is 24.6. The van der Waals surface area contributed by atoms with Crippen LogP contribution in [0.1, 0.15) is 75.2 Å². The summed E-state index contributed by atoms with van der Waals surface area (Å²) in [5.41, 5.74) is 3.52. The van der Waals surface area contributed by atoms with Gasteiger partial charge in [0.2, 0.25) is 0 Å². The zero-order valence-corrected chi connectivity index (χ0v) is 24.8. The Kier molecular flexibility index (Phi) is 8.17. The van der Waals surface area contributed by atoms with Crippen LogP contribution in [0, 0.1) is 5.92 Å². The lowest BCUT2D eigenvalue weighted by atomic mass is 9.89. The van der Waals surface area contributed by atoms with E-state index < -0.39 is 5.60 Å². The number of carbonyl (C=O) groups excluding carboxylic acids is 2. The van der Waals surface area contributed by atoms with Crippen molar-refractivity contribution in [1.29, 1.82) is 0 Å². The normalized spacial score (nSPS) is 19.2. The van der Waals surface area contributed by atoms with Crippen molar-refractivity contribution in [3.63, 3.8) is 0 Å². The lowest BCUT2D eigenvalue weighted by Gasteiger charge is -2.36. The summed E-state index contributed by atoms with van der Waals surface area (Å²) in [6.07, 6.45) is 6.50. The van der Waals surface area contributed by atoms with Crippen molar-refractivity contribution >= 4 is 40.1 Å². The maximum absolute atomic E-state index is 13.4. The van der Waals surface area contributed by atoms with E-state index in [4.69, 9.17) is 16.3 Å². The average Bonchev–Trinajstić information content (AvgIpc) is 3.79. The molecule has 9 heteroatoms. The Morgan fingerprint density at radius 1 is 1.07 bits per heavy atom. The summed E-state index contributed by atoms with van der Waals surface area (Å²) in [6, 6.07) is 9.42. The molecule has 2 aliphatic rings. The van der Waals surface area contributed by atoms with Gasteiger partial charge in [0, 0.05) is 42.2 Å². The fraction of sp³-hybridized carbons (Fsp3) is 0.469. The maximum Gasteiger partial charge on any atom is 0.410 e. The molecule has 1 amide bonds. The Balaban J connectivity index is 1.44. The molecule has 0 bridgehead atoms. The third-order valence-corrected chi connectivity index (χ3v) is 8.29. The lowest BCUT2D eigenvalue weighted by molar-refractivity contribution is 0.0185. The second-order valence-corrected chi connectivity index (χ2v) is 12.7. The molecule has 0 unspecified atom stereocenters. The van der Waals surface area contributed by atoms with E-state index in [1.807, 2.05) is 39.0 Å². The second kappa shape index (κ2) is 11.5. The minimum atomic E-state index is -0.541. The molecule has 2 aromatic carbocycles. The van der Waals surface area contributed by atoms with Crippen LogP contribution in [0.3, 0.4) is 0 Å². The number of anilines is 1. The van der Waals surface area contributed by atoms with Crippen LogP contribution in [0.4, 0.5) is 10.5 Å². The number of nitrogens with zero attached hydrogens (tertiary/aromatic N) is 2. The molecular weight excluding hydrogens is 542 g/mol. The number of benzene rings is 2. The number of hydrogen-bond donors (Lipinski definition) is 3. The Labute approximate surface area is 245 Å². The molecule has 218 valence electrons. The standard InChI is InChI=1S/C32H38ClN3O5/c1-32(2,3)41-31(40)36(4)23-10-8-22(9-11-23)35-28-24-14-19(20-13-21(17-37)30(39)26(33)15-20)7-12-27(24)34-16-25(28)29(38)18-5-6-18/h7,12-16,18,22-23,37,39H,5-6,8-11,17H2,1-4H3,(H,34,35)/t22-,23-. The number of aliphatic hydroxyl groups is 1. The van der Waals surface area contributed by atoms with Gasteiger partial charge < -0.3 is 25.2 Å². The van der Waals surface area contributed by atoms with Crippen LogP contribution >= 0.6 is 11.6 Å². The van der Waals surface area contributed by atoms with Crippen molar-refractivity contribution in [3.05, 3.63) is 52.7 Å². The number of aromatic hydroxyl groups is 1. The molecule has 1 aromatic heterocycles. The number of Topliss-reactive ketones (excluding diaryl/α,β-unsaturated/α-hetero) is 1.